The molecular weight excluding hydrogens is 336 g/mol. The minimum atomic E-state index is -0.251. The molecule has 0 aliphatic carbocycles. The van der Waals surface area contributed by atoms with Crippen LogP contribution in [-0.2, 0) is 0 Å². The summed E-state index contributed by atoms with van der Waals surface area (Å²) in [5.74, 6) is 0.505. The highest BCUT2D eigenvalue weighted by atomic mass is 35.5. The Hall–Kier alpha value is -3.18. The Labute approximate surface area is 148 Å². The number of carbonyl (C=O) groups is 1. The summed E-state index contributed by atoms with van der Waals surface area (Å²) < 4.78 is 0. The Morgan fingerprint density at radius 2 is 1.84 bits per heavy atom. The standard InChI is InChI=1S/C19H13ClN4O/c20-15-4-2-1-3-14(15)19(25)22-13-5-6-16-17(11-13)24-18(23-16)12-7-9-21-10-8-12/h1-11H,(H,22,25)(H,23,24). The number of carbonyl (C=O) groups excluding carboxylic acids is 1. The molecule has 2 aromatic heterocycles. The Balaban J connectivity index is 1.63. The number of aromatic amines is 1. The molecule has 0 bridgehead atoms. The second kappa shape index (κ2) is 6.37. The van der Waals surface area contributed by atoms with E-state index in [1.54, 1.807) is 36.7 Å². The normalized spacial score (nSPS) is 10.8. The number of aromatic nitrogens is 3. The van der Waals surface area contributed by atoms with Gasteiger partial charge < -0.3 is 10.3 Å². The molecule has 0 radical (unpaired) electrons. The van der Waals surface area contributed by atoms with Crippen LogP contribution in [0.3, 0.4) is 0 Å². The van der Waals surface area contributed by atoms with Gasteiger partial charge in [-0.1, -0.05) is 23.7 Å². The van der Waals surface area contributed by atoms with Gasteiger partial charge in [-0.2, -0.15) is 0 Å². The first-order valence-corrected chi connectivity index (χ1v) is 8.04. The number of pyridine rings is 1. The van der Waals surface area contributed by atoms with Crippen molar-refractivity contribution in [3.05, 3.63) is 77.6 Å². The van der Waals surface area contributed by atoms with Crippen molar-refractivity contribution in [1.29, 1.82) is 0 Å². The van der Waals surface area contributed by atoms with Crippen molar-refractivity contribution in [2.24, 2.45) is 0 Å². The minimum Gasteiger partial charge on any atom is -0.338 e. The number of H-pyrrole nitrogens is 1. The van der Waals surface area contributed by atoms with Crippen LogP contribution in [0.1, 0.15) is 10.4 Å². The molecule has 0 saturated heterocycles. The molecule has 4 rings (SSSR count). The van der Waals surface area contributed by atoms with Crippen LogP contribution in [0.25, 0.3) is 22.4 Å². The number of rotatable bonds is 3. The highest BCUT2D eigenvalue weighted by molar-refractivity contribution is 6.34. The predicted molar refractivity (Wildman–Crippen MR) is 98.7 cm³/mol. The lowest BCUT2D eigenvalue weighted by atomic mass is 10.2. The van der Waals surface area contributed by atoms with Crippen LogP contribution in [0.15, 0.2) is 67.0 Å². The maximum absolute atomic E-state index is 12.4. The van der Waals surface area contributed by atoms with Gasteiger partial charge in [-0.05, 0) is 42.5 Å². The van der Waals surface area contributed by atoms with Crippen LogP contribution < -0.4 is 5.32 Å². The van der Waals surface area contributed by atoms with E-state index in [-0.39, 0.29) is 5.91 Å². The highest BCUT2D eigenvalue weighted by Gasteiger charge is 2.11. The zero-order valence-electron chi connectivity index (χ0n) is 13.0. The second-order valence-electron chi connectivity index (χ2n) is 5.49. The summed E-state index contributed by atoms with van der Waals surface area (Å²) in [6, 6.07) is 16.2. The van der Waals surface area contributed by atoms with Gasteiger partial charge in [-0.25, -0.2) is 4.98 Å². The molecule has 2 heterocycles. The first-order valence-electron chi connectivity index (χ1n) is 7.67. The van der Waals surface area contributed by atoms with Crippen molar-refractivity contribution in [1.82, 2.24) is 15.0 Å². The van der Waals surface area contributed by atoms with E-state index in [0.717, 1.165) is 22.4 Å². The minimum absolute atomic E-state index is 0.251. The summed E-state index contributed by atoms with van der Waals surface area (Å²) in [6.45, 7) is 0. The van der Waals surface area contributed by atoms with Crippen molar-refractivity contribution < 1.29 is 4.79 Å². The molecule has 122 valence electrons. The Bertz CT molecular complexity index is 1060. The predicted octanol–water partition coefficient (Wildman–Crippen LogP) is 4.53. The molecule has 0 spiro atoms. The molecule has 4 aromatic rings. The molecule has 0 unspecified atom stereocenters. The fraction of sp³-hybridized carbons (Fsp3) is 0. The number of nitrogens with one attached hydrogen (secondary N) is 2. The van der Waals surface area contributed by atoms with Crippen LogP contribution in [0.4, 0.5) is 5.69 Å². The summed E-state index contributed by atoms with van der Waals surface area (Å²) in [5.41, 5.74) is 3.72. The maximum atomic E-state index is 12.4. The molecule has 0 aliphatic heterocycles. The van der Waals surface area contributed by atoms with Gasteiger partial charge in [0.25, 0.3) is 5.91 Å². The number of nitrogens with zero attached hydrogens (tertiary/aromatic N) is 2. The summed E-state index contributed by atoms with van der Waals surface area (Å²) in [7, 11) is 0. The van der Waals surface area contributed by atoms with Gasteiger partial charge in [-0.3, -0.25) is 9.78 Å². The van der Waals surface area contributed by atoms with E-state index in [1.807, 2.05) is 30.3 Å². The molecule has 0 atom stereocenters. The fourth-order valence-corrected chi connectivity index (χ4v) is 2.80. The molecule has 0 fully saturated rings. The number of benzene rings is 2. The van der Waals surface area contributed by atoms with Gasteiger partial charge in [0.15, 0.2) is 0 Å². The monoisotopic (exact) mass is 348 g/mol. The van der Waals surface area contributed by atoms with E-state index in [9.17, 15) is 4.79 Å². The smallest absolute Gasteiger partial charge is 0.257 e. The lowest BCUT2D eigenvalue weighted by Gasteiger charge is -2.06. The number of amides is 1. The lowest BCUT2D eigenvalue weighted by molar-refractivity contribution is 0.102. The van der Waals surface area contributed by atoms with E-state index >= 15 is 0 Å². The molecule has 2 N–H and O–H groups in total. The summed E-state index contributed by atoms with van der Waals surface area (Å²) >= 11 is 6.07. The Kier molecular flexibility index (Phi) is 3.91. The van der Waals surface area contributed by atoms with Crippen molar-refractivity contribution in [3.8, 4) is 11.4 Å². The average Bonchev–Trinajstić information content (AvgIpc) is 3.06. The highest BCUT2D eigenvalue weighted by Crippen LogP contribution is 2.23. The fourth-order valence-electron chi connectivity index (χ4n) is 2.58. The first kappa shape index (κ1) is 15.4. The molecule has 25 heavy (non-hydrogen) atoms. The SMILES string of the molecule is O=C(Nc1ccc2nc(-c3ccncc3)[nH]c2c1)c1ccccc1Cl. The van der Waals surface area contributed by atoms with E-state index < -0.39 is 0 Å². The topological polar surface area (TPSA) is 70.7 Å². The Morgan fingerprint density at radius 1 is 1.04 bits per heavy atom. The number of fused-ring (bicyclic) bond motifs is 1. The van der Waals surface area contributed by atoms with Crippen LogP contribution >= 0.6 is 11.6 Å². The molecular formula is C19H13ClN4O. The third-order valence-electron chi connectivity index (χ3n) is 3.81. The second-order valence-corrected chi connectivity index (χ2v) is 5.89. The van der Waals surface area contributed by atoms with Crippen molar-refractivity contribution >= 4 is 34.2 Å². The molecule has 0 saturated carbocycles. The quantitative estimate of drug-likeness (QED) is 0.571. The van der Waals surface area contributed by atoms with E-state index in [2.05, 4.69) is 20.3 Å². The third-order valence-corrected chi connectivity index (χ3v) is 4.14. The zero-order valence-corrected chi connectivity index (χ0v) is 13.8. The maximum Gasteiger partial charge on any atom is 0.257 e. The van der Waals surface area contributed by atoms with Gasteiger partial charge in [0.2, 0.25) is 0 Å². The van der Waals surface area contributed by atoms with Gasteiger partial charge in [0, 0.05) is 23.6 Å². The average molecular weight is 349 g/mol. The number of hydrogen-bond acceptors (Lipinski definition) is 3. The number of anilines is 1. The summed E-state index contributed by atoms with van der Waals surface area (Å²) in [5, 5.41) is 3.28. The summed E-state index contributed by atoms with van der Waals surface area (Å²) in [6.07, 6.45) is 3.44. The number of hydrogen-bond donors (Lipinski definition) is 2. The van der Waals surface area contributed by atoms with Gasteiger partial charge in [0.1, 0.15) is 5.82 Å². The van der Waals surface area contributed by atoms with Crippen LogP contribution in [-0.4, -0.2) is 20.9 Å². The number of halogens is 1. The molecule has 6 heteroatoms. The van der Waals surface area contributed by atoms with Gasteiger partial charge >= 0.3 is 0 Å². The first-order chi connectivity index (χ1) is 12.2. The largest absolute Gasteiger partial charge is 0.338 e. The molecule has 2 aromatic carbocycles. The van der Waals surface area contributed by atoms with Crippen LogP contribution in [0, 0.1) is 0 Å². The van der Waals surface area contributed by atoms with Crippen molar-refractivity contribution in [2.45, 2.75) is 0 Å². The van der Waals surface area contributed by atoms with E-state index in [1.165, 1.54) is 0 Å². The van der Waals surface area contributed by atoms with Crippen molar-refractivity contribution in [3.63, 3.8) is 0 Å². The van der Waals surface area contributed by atoms with Gasteiger partial charge in [0.05, 0.1) is 21.6 Å². The van der Waals surface area contributed by atoms with E-state index in [0.29, 0.717) is 16.3 Å². The number of imidazole rings is 1. The van der Waals surface area contributed by atoms with E-state index in [4.69, 9.17) is 11.6 Å². The molecule has 0 aliphatic rings. The van der Waals surface area contributed by atoms with Crippen LogP contribution in [0.5, 0.6) is 0 Å². The third kappa shape index (κ3) is 3.09. The zero-order chi connectivity index (χ0) is 17.2. The molecule has 1 amide bonds. The lowest BCUT2D eigenvalue weighted by Crippen LogP contribution is -2.12. The van der Waals surface area contributed by atoms with Gasteiger partial charge in [-0.15, -0.1) is 0 Å². The Morgan fingerprint density at radius 3 is 2.64 bits per heavy atom. The summed E-state index contributed by atoms with van der Waals surface area (Å²) in [4.78, 5) is 24.2. The molecule has 5 nitrogen and oxygen atoms in total. The van der Waals surface area contributed by atoms with Crippen molar-refractivity contribution in [2.75, 3.05) is 5.32 Å². The van der Waals surface area contributed by atoms with Crippen LogP contribution in [0.2, 0.25) is 5.02 Å².